The minimum Gasteiger partial charge on any atom is -0.507 e. The number of aromatic hydroxyl groups is 1. The molecule has 0 atom stereocenters. The van der Waals surface area contributed by atoms with Crippen LogP contribution in [0.5, 0.6) is 11.5 Å². The molecule has 0 aliphatic rings. The standard InChI is InChI=1S/C18H17NO5S/c1-11(2)18-16(20)8-13(9-17(18)24-25(21,22)23)14-7-12-5-3-4-6-15(12)19-10-14/h3-11,20H,1-2H3,(H,21,22,23). The van der Waals surface area contributed by atoms with Crippen LogP contribution in [0.4, 0.5) is 0 Å². The summed E-state index contributed by atoms with van der Waals surface area (Å²) < 4.78 is 36.0. The van der Waals surface area contributed by atoms with Crippen LogP contribution in [0.1, 0.15) is 25.3 Å². The lowest BCUT2D eigenvalue weighted by Gasteiger charge is -2.16. The fraction of sp³-hybridized carbons (Fsp3) is 0.167. The van der Waals surface area contributed by atoms with Crippen molar-refractivity contribution < 1.29 is 22.3 Å². The summed E-state index contributed by atoms with van der Waals surface area (Å²) in [6.07, 6.45) is 1.63. The Morgan fingerprint density at radius 1 is 1.08 bits per heavy atom. The number of aromatic nitrogens is 1. The van der Waals surface area contributed by atoms with Gasteiger partial charge < -0.3 is 9.29 Å². The molecule has 0 aliphatic heterocycles. The molecule has 6 nitrogen and oxygen atoms in total. The van der Waals surface area contributed by atoms with E-state index in [2.05, 4.69) is 9.17 Å². The summed E-state index contributed by atoms with van der Waals surface area (Å²) in [6.45, 7) is 3.56. The van der Waals surface area contributed by atoms with Crippen LogP contribution in [0.3, 0.4) is 0 Å². The van der Waals surface area contributed by atoms with E-state index in [1.807, 2.05) is 30.3 Å². The monoisotopic (exact) mass is 359 g/mol. The highest BCUT2D eigenvalue weighted by atomic mass is 32.3. The van der Waals surface area contributed by atoms with Crippen molar-refractivity contribution in [3.05, 3.63) is 54.2 Å². The molecule has 130 valence electrons. The topological polar surface area (TPSA) is 96.7 Å². The molecule has 1 aromatic heterocycles. The van der Waals surface area contributed by atoms with Crippen molar-refractivity contribution in [1.29, 1.82) is 0 Å². The zero-order valence-electron chi connectivity index (χ0n) is 13.7. The fourth-order valence-corrected chi connectivity index (χ4v) is 3.13. The lowest BCUT2D eigenvalue weighted by atomic mass is 9.96. The molecule has 0 radical (unpaired) electrons. The predicted octanol–water partition coefficient (Wildman–Crippen LogP) is 3.91. The Kier molecular flexibility index (Phi) is 4.36. The number of nitrogens with zero attached hydrogens (tertiary/aromatic N) is 1. The van der Waals surface area contributed by atoms with Gasteiger partial charge in [-0.2, -0.15) is 8.42 Å². The molecule has 7 heteroatoms. The Morgan fingerprint density at radius 3 is 2.48 bits per heavy atom. The Hall–Kier alpha value is -2.64. The van der Waals surface area contributed by atoms with Gasteiger partial charge in [-0.3, -0.25) is 9.54 Å². The van der Waals surface area contributed by atoms with Crippen LogP contribution in [0, 0.1) is 0 Å². The second-order valence-electron chi connectivity index (χ2n) is 5.99. The van der Waals surface area contributed by atoms with Crippen LogP contribution in [-0.2, 0) is 10.4 Å². The number of para-hydroxylation sites is 1. The SMILES string of the molecule is CC(C)c1c(O)cc(-c2cnc3ccccc3c2)cc1OS(=O)(=O)O. The highest BCUT2D eigenvalue weighted by Gasteiger charge is 2.20. The molecular formula is C18H17NO5S. The van der Waals surface area contributed by atoms with E-state index in [-0.39, 0.29) is 17.4 Å². The third kappa shape index (κ3) is 3.72. The first-order valence-corrected chi connectivity index (χ1v) is 9.00. The van der Waals surface area contributed by atoms with Gasteiger partial charge in [0.1, 0.15) is 5.75 Å². The van der Waals surface area contributed by atoms with Gasteiger partial charge in [0.25, 0.3) is 0 Å². The second-order valence-corrected chi connectivity index (χ2v) is 7.01. The van der Waals surface area contributed by atoms with E-state index in [1.54, 1.807) is 20.0 Å². The zero-order valence-corrected chi connectivity index (χ0v) is 14.5. The van der Waals surface area contributed by atoms with Gasteiger partial charge >= 0.3 is 10.4 Å². The van der Waals surface area contributed by atoms with Gasteiger partial charge in [0.05, 0.1) is 5.52 Å². The molecule has 2 N–H and O–H groups in total. The van der Waals surface area contributed by atoms with E-state index in [0.717, 1.165) is 10.9 Å². The van der Waals surface area contributed by atoms with Gasteiger partial charge in [-0.25, -0.2) is 0 Å². The molecule has 0 amide bonds. The van der Waals surface area contributed by atoms with Gasteiger partial charge in [0, 0.05) is 22.7 Å². The highest BCUT2D eigenvalue weighted by Crippen LogP contribution is 2.39. The Morgan fingerprint density at radius 2 is 1.80 bits per heavy atom. The number of phenols is 1. The summed E-state index contributed by atoms with van der Waals surface area (Å²) >= 11 is 0. The predicted molar refractivity (Wildman–Crippen MR) is 95.1 cm³/mol. The summed E-state index contributed by atoms with van der Waals surface area (Å²) in [4.78, 5) is 4.36. The quantitative estimate of drug-likeness (QED) is 0.686. The Balaban J connectivity index is 2.18. The summed E-state index contributed by atoms with van der Waals surface area (Å²) in [5.74, 6) is -0.430. The third-order valence-corrected chi connectivity index (χ3v) is 4.21. The summed E-state index contributed by atoms with van der Waals surface area (Å²) in [5, 5.41) is 11.2. The normalized spacial score (nSPS) is 11.8. The van der Waals surface area contributed by atoms with Crippen LogP contribution >= 0.6 is 0 Å². The zero-order chi connectivity index (χ0) is 18.2. The van der Waals surface area contributed by atoms with Gasteiger partial charge in [-0.05, 0) is 35.7 Å². The van der Waals surface area contributed by atoms with Crippen molar-refractivity contribution in [3.8, 4) is 22.6 Å². The molecule has 0 saturated carbocycles. The number of phenolic OH excluding ortho intramolecular Hbond substituents is 1. The smallest absolute Gasteiger partial charge is 0.446 e. The summed E-state index contributed by atoms with van der Waals surface area (Å²) in [6, 6.07) is 12.4. The lowest BCUT2D eigenvalue weighted by molar-refractivity contribution is 0.382. The van der Waals surface area contributed by atoms with Crippen molar-refractivity contribution in [2.45, 2.75) is 19.8 Å². The second kappa shape index (κ2) is 6.34. The number of hydrogen-bond donors (Lipinski definition) is 2. The average molecular weight is 359 g/mol. The van der Waals surface area contributed by atoms with Crippen molar-refractivity contribution in [3.63, 3.8) is 0 Å². The maximum Gasteiger partial charge on any atom is 0.446 e. The maximum atomic E-state index is 11.1. The van der Waals surface area contributed by atoms with Crippen LogP contribution in [0.25, 0.3) is 22.0 Å². The first-order chi connectivity index (χ1) is 11.7. The molecule has 3 rings (SSSR count). The van der Waals surface area contributed by atoms with Crippen LogP contribution in [-0.4, -0.2) is 23.1 Å². The van der Waals surface area contributed by atoms with E-state index in [9.17, 15) is 13.5 Å². The average Bonchev–Trinajstić information content (AvgIpc) is 2.52. The largest absolute Gasteiger partial charge is 0.507 e. The number of hydrogen-bond acceptors (Lipinski definition) is 5. The molecule has 0 bridgehead atoms. The third-order valence-electron chi connectivity index (χ3n) is 3.82. The van der Waals surface area contributed by atoms with E-state index in [0.29, 0.717) is 16.7 Å². The minimum absolute atomic E-state index is 0.111. The summed E-state index contributed by atoms with van der Waals surface area (Å²) in [5.41, 5.74) is 2.34. The molecule has 3 aromatic rings. The molecular weight excluding hydrogens is 342 g/mol. The van der Waals surface area contributed by atoms with E-state index in [1.165, 1.54) is 12.1 Å². The van der Waals surface area contributed by atoms with Gasteiger partial charge in [0.2, 0.25) is 0 Å². The van der Waals surface area contributed by atoms with Crippen molar-refractivity contribution >= 4 is 21.3 Å². The van der Waals surface area contributed by atoms with E-state index < -0.39 is 10.4 Å². The Labute approximate surface area is 145 Å². The van der Waals surface area contributed by atoms with Crippen molar-refractivity contribution in [1.82, 2.24) is 4.98 Å². The van der Waals surface area contributed by atoms with Crippen LogP contribution in [0.2, 0.25) is 0 Å². The first kappa shape index (κ1) is 17.2. The number of benzene rings is 2. The van der Waals surface area contributed by atoms with Crippen LogP contribution < -0.4 is 4.18 Å². The number of pyridine rings is 1. The molecule has 1 heterocycles. The molecule has 25 heavy (non-hydrogen) atoms. The molecule has 0 unspecified atom stereocenters. The van der Waals surface area contributed by atoms with Crippen LogP contribution in [0.15, 0.2) is 48.7 Å². The number of fused-ring (bicyclic) bond motifs is 1. The lowest BCUT2D eigenvalue weighted by Crippen LogP contribution is -2.09. The molecule has 0 spiro atoms. The Bertz CT molecular complexity index is 1040. The molecule has 0 saturated heterocycles. The fourth-order valence-electron chi connectivity index (χ4n) is 2.77. The van der Waals surface area contributed by atoms with Crippen molar-refractivity contribution in [2.75, 3.05) is 0 Å². The highest BCUT2D eigenvalue weighted by molar-refractivity contribution is 7.81. The van der Waals surface area contributed by atoms with E-state index in [4.69, 9.17) is 4.55 Å². The van der Waals surface area contributed by atoms with Crippen molar-refractivity contribution in [2.24, 2.45) is 0 Å². The van der Waals surface area contributed by atoms with Gasteiger partial charge in [0.15, 0.2) is 5.75 Å². The molecule has 2 aromatic carbocycles. The summed E-state index contributed by atoms with van der Waals surface area (Å²) in [7, 11) is -4.71. The van der Waals surface area contributed by atoms with E-state index >= 15 is 0 Å². The minimum atomic E-state index is -4.71. The first-order valence-electron chi connectivity index (χ1n) is 7.63. The van der Waals surface area contributed by atoms with Gasteiger partial charge in [-0.1, -0.05) is 32.0 Å². The number of rotatable bonds is 4. The maximum absolute atomic E-state index is 11.1. The molecule has 0 aliphatic carbocycles. The molecule has 0 fully saturated rings. The van der Waals surface area contributed by atoms with Gasteiger partial charge in [-0.15, -0.1) is 0 Å².